The highest BCUT2D eigenvalue weighted by Gasteiger charge is 2.46. The summed E-state index contributed by atoms with van der Waals surface area (Å²) in [6.45, 7) is 22.9. The van der Waals surface area contributed by atoms with Gasteiger partial charge in [0.2, 0.25) is 17.7 Å². The summed E-state index contributed by atoms with van der Waals surface area (Å²) in [4.78, 5) is 41.9. The van der Waals surface area contributed by atoms with Crippen LogP contribution in [0.3, 0.4) is 0 Å². The summed E-state index contributed by atoms with van der Waals surface area (Å²) < 4.78 is 14.0. The van der Waals surface area contributed by atoms with Gasteiger partial charge >= 0.3 is 0 Å². The van der Waals surface area contributed by atoms with Gasteiger partial charge in [-0.1, -0.05) is 96.1 Å². The molecule has 3 amide bonds. The van der Waals surface area contributed by atoms with Crippen LogP contribution in [0, 0.1) is 22.7 Å². The van der Waals surface area contributed by atoms with Crippen molar-refractivity contribution in [1.29, 1.82) is 0 Å². The Bertz CT molecular complexity index is 1840. The lowest BCUT2D eigenvalue weighted by atomic mass is 9.87. The Morgan fingerprint density at radius 2 is 1.65 bits per heavy atom. The van der Waals surface area contributed by atoms with Crippen LogP contribution < -0.4 is 20.9 Å². The summed E-state index contributed by atoms with van der Waals surface area (Å²) in [6, 6.07) is 16.2. The van der Waals surface area contributed by atoms with Crippen LogP contribution >= 0.6 is 0 Å². The van der Waals surface area contributed by atoms with Crippen molar-refractivity contribution in [1.82, 2.24) is 30.9 Å². The van der Waals surface area contributed by atoms with Gasteiger partial charge in [0.05, 0.1) is 43.3 Å². The van der Waals surface area contributed by atoms with Gasteiger partial charge in [-0.3, -0.25) is 14.4 Å². The highest BCUT2D eigenvalue weighted by Crippen LogP contribution is 2.55. The van der Waals surface area contributed by atoms with Gasteiger partial charge < -0.3 is 30.3 Å². The number of aromatic nitrogens is 3. The van der Waals surface area contributed by atoms with Crippen LogP contribution in [-0.4, -0.2) is 83.8 Å². The molecule has 3 N–H and O–H groups in total. The Labute approximate surface area is 340 Å². The molecule has 57 heavy (non-hydrogen) atoms. The molecule has 0 radical (unpaired) electrons. The first kappa shape index (κ1) is 44.0. The zero-order chi connectivity index (χ0) is 41.4. The van der Waals surface area contributed by atoms with E-state index in [0.717, 1.165) is 47.0 Å². The molecule has 0 saturated heterocycles. The first-order valence-electron chi connectivity index (χ1n) is 20.9. The molecule has 2 aliphatic rings. The summed E-state index contributed by atoms with van der Waals surface area (Å²) in [5, 5.41) is 18.7. The highest BCUT2D eigenvalue weighted by atomic mass is 16.5. The van der Waals surface area contributed by atoms with E-state index in [1.165, 1.54) is 6.42 Å². The standard InChI is InChI=1S/C45H67N7O5/c1-31(2)46-21-24-56-25-22-52-41-35-15-11-10-14-34(35)29-51(37-17-13-12-16-36(37)40(41)49-50-52)39(54)19-18-38(53)48-30-44(7,8)57-23-20-43(5,6)42(55)47-28-32(3)26-45(9)27-33(45)4/h10-17,31-33,46H,18-30H2,1-9H3,(H,47,55)(H,48,53). The number of fused-ring (bicyclic) bond motifs is 5. The van der Waals surface area contributed by atoms with Crippen LogP contribution in [0.2, 0.25) is 0 Å². The van der Waals surface area contributed by atoms with Gasteiger partial charge in [-0.25, -0.2) is 4.68 Å². The van der Waals surface area contributed by atoms with Crippen LogP contribution in [-0.2, 0) is 36.9 Å². The smallest absolute Gasteiger partial charge is 0.227 e. The number of hydrogen-bond acceptors (Lipinski definition) is 8. The van der Waals surface area contributed by atoms with E-state index in [-0.39, 0.29) is 37.1 Å². The van der Waals surface area contributed by atoms with E-state index >= 15 is 0 Å². The fourth-order valence-corrected chi connectivity index (χ4v) is 7.67. The fraction of sp³-hybridized carbons (Fsp3) is 0.622. The van der Waals surface area contributed by atoms with Crippen molar-refractivity contribution in [3.05, 3.63) is 54.1 Å². The summed E-state index contributed by atoms with van der Waals surface area (Å²) >= 11 is 0. The fourth-order valence-electron chi connectivity index (χ4n) is 7.67. The van der Waals surface area contributed by atoms with Crippen molar-refractivity contribution in [2.45, 2.75) is 119 Å². The summed E-state index contributed by atoms with van der Waals surface area (Å²) in [5.41, 5.74) is 4.22. The molecule has 1 saturated carbocycles. The van der Waals surface area contributed by atoms with Gasteiger partial charge in [0.1, 0.15) is 5.69 Å². The Kier molecular flexibility index (Phi) is 14.7. The molecule has 312 valence electrons. The molecule has 12 heteroatoms. The van der Waals surface area contributed by atoms with Gasteiger partial charge in [-0.05, 0) is 62.0 Å². The number of nitrogens with one attached hydrogen (secondary N) is 3. The Balaban J connectivity index is 1.13. The molecule has 1 aliphatic carbocycles. The molecule has 5 rings (SSSR count). The number of carbonyl (C=O) groups excluding carboxylic acids is 3. The van der Waals surface area contributed by atoms with Crippen molar-refractivity contribution >= 4 is 23.4 Å². The zero-order valence-electron chi connectivity index (χ0n) is 35.9. The number of nitrogens with zero attached hydrogens (tertiary/aromatic N) is 4. The molecule has 0 bridgehead atoms. The van der Waals surface area contributed by atoms with E-state index in [2.05, 4.69) is 60.9 Å². The van der Waals surface area contributed by atoms with E-state index in [9.17, 15) is 14.4 Å². The molecule has 3 aromatic rings. The van der Waals surface area contributed by atoms with E-state index < -0.39 is 11.0 Å². The van der Waals surface area contributed by atoms with E-state index in [4.69, 9.17) is 9.47 Å². The average molecular weight is 786 g/mol. The first-order valence-corrected chi connectivity index (χ1v) is 20.9. The van der Waals surface area contributed by atoms with Gasteiger partial charge in [0.25, 0.3) is 0 Å². The quantitative estimate of drug-likeness (QED) is 0.101. The molecule has 2 aromatic carbocycles. The van der Waals surface area contributed by atoms with Gasteiger partial charge in [0, 0.05) is 61.7 Å². The van der Waals surface area contributed by atoms with Crippen molar-refractivity contribution in [3.63, 3.8) is 0 Å². The number of amides is 3. The topological polar surface area (TPSA) is 140 Å². The van der Waals surface area contributed by atoms with Crippen LogP contribution in [0.4, 0.5) is 5.69 Å². The van der Waals surface area contributed by atoms with Crippen LogP contribution in [0.5, 0.6) is 0 Å². The van der Waals surface area contributed by atoms with Crippen LogP contribution in [0.15, 0.2) is 48.5 Å². The monoisotopic (exact) mass is 786 g/mol. The summed E-state index contributed by atoms with van der Waals surface area (Å²) in [6.07, 6.45) is 3.02. The lowest BCUT2D eigenvalue weighted by Crippen LogP contribution is -2.43. The molecule has 12 nitrogen and oxygen atoms in total. The number of carbonyl (C=O) groups is 3. The van der Waals surface area contributed by atoms with Gasteiger partial charge in [-0.15, -0.1) is 5.10 Å². The Morgan fingerprint density at radius 3 is 2.37 bits per heavy atom. The molecule has 1 fully saturated rings. The van der Waals surface area contributed by atoms with E-state index in [1.807, 2.05) is 80.9 Å². The van der Waals surface area contributed by atoms with Crippen molar-refractivity contribution < 1.29 is 23.9 Å². The Morgan fingerprint density at radius 1 is 0.947 bits per heavy atom. The third-order valence-corrected chi connectivity index (χ3v) is 11.7. The summed E-state index contributed by atoms with van der Waals surface area (Å²) in [7, 11) is 0. The van der Waals surface area contributed by atoms with E-state index in [0.29, 0.717) is 68.9 Å². The molecule has 1 aromatic heterocycles. The molecular formula is C45H67N7O5. The number of benzene rings is 2. The second-order valence-electron chi connectivity index (χ2n) is 18.2. The van der Waals surface area contributed by atoms with Crippen molar-refractivity contribution in [3.8, 4) is 22.5 Å². The number of ether oxygens (including phenoxy) is 2. The first-order chi connectivity index (χ1) is 27.0. The second-order valence-corrected chi connectivity index (χ2v) is 18.2. The molecule has 1 aliphatic heterocycles. The molecule has 2 heterocycles. The highest BCUT2D eigenvalue weighted by molar-refractivity contribution is 6.01. The number of hydrogen-bond donors (Lipinski definition) is 3. The van der Waals surface area contributed by atoms with Crippen molar-refractivity contribution in [2.75, 3.05) is 44.4 Å². The maximum atomic E-state index is 14.0. The largest absolute Gasteiger partial charge is 0.378 e. The minimum Gasteiger partial charge on any atom is -0.378 e. The zero-order valence-corrected chi connectivity index (χ0v) is 35.9. The maximum absolute atomic E-state index is 14.0. The third kappa shape index (κ3) is 12.0. The lowest BCUT2D eigenvalue weighted by molar-refractivity contribution is -0.131. The van der Waals surface area contributed by atoms with Crippen molar-refractivity contribution in [2.24, 2.45) is 22.7 Å². The SMILES string of the molecule is CC(CNC(=O)C(C)(C)CCOC(C)(C)CNC(=O)CCC(=O)N1Cc2ccccc2-c2c(nnn2CCOCCNC(C)C)-c2ccccc21)CC1(C)CC1C. The lowest BCUT2D eigenvalue weighted by Gasteiger charge is -2.30. The van der Waals surface area contributed by atoms with E-state index in [1.54, 1.807) is 4.90 Å². The number of anilines is 1. The average Bonchev–Trinajstić information content (AvgIpc) is 3.53. The third-order valence-electron chi connectivity index (χ3n) is 11.7. The normalized spacial score (nSPS) is 18.2. The number of para-hydroxylation sites is 1. The predicted octanol–water partition coefficient (Wildman–Crippen LogP) is 6.77. The predicted molar refractivity (Wildman–Crippen MR) is 225 cm³/mol. The number of rotatable bonds is 21. The molecular weight excluding hydrogens is 719 g/mol. The maximum Gasteiger partial charge on any atom is 0.227 e. The summed E-state index contributed by atoms with van der Waals surface area (Å²) in [5.74, 6) is 0.854. The molecule has 3 atom stereocenters. The Hall–Kier alpha value is -4.13. The second kappa shape index (κ2) is 19.1. The van der Waals surface area contributed by atoms with Gasteiger partial charge in [-0.2, -0.15) is 0 Å². The molecule has 0 spiro atoms. The van der Waals surface area contributed by atoms with Crippen LogP contribution in [0.25, 0.3) is 22.5 Å². The molecule has 3 unspecified atom stereocenters. The van der Waals surface area contributed by atoms with Crippen LogP contribution in [0.1, 0.15) is 100.0 Å². The minimum absolute atomic E-state index is 0.0341. The van der Waals surface area contributed by atoms with Gasteiger partial charge in [0.15, 0.2) is 0 Å². The minimum atomic E-state index is -0.658.